The minimum absolute atomic E-state index is 0.0683. The molecule has 0 aliphatic heterocycles. The fourth-order valence-corrected chi connectivity index (χ4v) is 3.71. The van der Waals surface area contributed by atoms with Crippen LogP contribution in [0.1, 0.15) is 35.2 Å². The van der Waals surface area contributed by atoms with E-state index in [-0.39, 0.29) is 12.2 Å². The molecule has 30 heavy (non-hydrogen) atoms. The molecule has 0 aromatic heterocycles. The van der Waals surface area contributed by atoms with E-state index < -0.39 is 11.8 Å². The smallest absolute Gasteiger partial charge is 0.246 e. The number of amides is 1. The van der Waals surface area contributed by atoms with Crippen molar-refractivity contribution in [3.63, 3.8) is 0 Å². The lowest BCUT2D eigenvalue weighted by molar-refractivity contribution is -0.133. The Morgan fingerprint density at radius 1 is 0.867 bits per heavy atom. The summed E-state index contributed by atoms with van der Waals surface area (Å²) in [6, 6.07) is 25.4. The van der Waals surface area contributed by atoms with Gasteiger partial charge in [0.05, 0.1) is 0 Å². The largest absolute Gasteiger partial charge is 0.294 e. The fraction of sp³-hybridized carbons (Fsp3) is 0.200. The number of hydrogen-bond donors (Lipinski definition) is 2. The predicted octanol–water partition coefficient (Wildman–Crippen LogP) is 5.83. The van der Waals surface area contributed by atoms with Crippen LogP contribution in [-0.2, 0) is 11.2 Å². The van der Waals surface area contributed by atoms with Crippen LogP contribution in [0.3, 0.4) is 0 Å². The van der Waals surface area contributed by atoms with Gasteiger partial charge in [-0.15, -0.1) is 0 Å². The number of rotatable bonds is 9. The Balaban J connectivity index is 1.61. The number of nitrogens with one attached hydrogen (secondary N) is 1. The van der Waals surface area contributed by atoms with E-state index in [9.17, 15) is 9.59 Å². The zero-order valence-electron chi connectivity index (χ0n) is 16.6. The first kappa shape index (κ1) is 21.9. The molecule has 0 saturated heterocycles. The molecule has 0 saturated carbocycles. The summed E-state index contributed by atoms with van der Waals surface area (Å²) >= 11 is 3.42. The van der Waals surface area contributed by atoms with E-state index in [1.807, 2.05) is 66.7 Å². The first-order chi connectivity index (χ1) is 14.6. The summed E-state index contributed by atoms with van der Waals surface area (Å²) in [6.07, 6.45) is 2.19. The standard InChI is InChI=1S/C25H24BrNO3/c26-23-15-13-20(14-16-23)19-9-11-21(12-10-19)24(28)17-22(25(29)27-30)8-4-7-18-5-2-1-3-6-18/h1-3,5-6,9-16,22,30H,4,7-8,17H2,(H,27,29)/t22-/m0/s1. The van der Waals surface area contributed by atoms with Crippen LogP contribution in [0, 0.1) is 5.92 Å². The van der Waals surface area contributed by atoms with Crippen molar-refractivity contribution in [1.29, 1.82) is 0 Å². The summed E-state index contributed by atoms with van der Waals surface area (Å²) in [6.45, 7) is 0. The predicted molar refractivity (Wildman–Crippen MR) is 121 cm³/mol. The summed E-state index contributed by atoms with van der Waals surface area (Å²) in [5, 5.41) is 9.07. The van der Waals surface area contributed by atoms with Crippen molar-refractivity contribution in [2.24, 2.45) is 5.92 Å². The third-order valence-corrected chi connectivity index (χ3v) is 5.69. The van der Waals surface area contributed by atoms with Crippen LogP contribution in [0.4, 0.5) is 0 Å². The van der Waals surface area contributed by atoms with Crippen molar-refractivity contribution < 1.29 is 14.8 Å². The molecular weight excluding hydrogens is 442 g/mol. The third kappa shape index (κ3) is 6.12. The highest BCUT2D eigenvalue weighted by Crippen LogP contribution is 2.23. The summed E-state index contributed by atoms with van der Waals surface area (Å²) in [4.78, 5) is 24.8. The summed E-state index contributed by atoms with van der Waals surface area (Å²) in [7, 11) is 0. The molecular formula is C25H24BrNO3. The van der Waals surface area contributed by atoms with Crippen LogP contribution in [0.5, 0.6) is 0 Å². The van der Waals surface area contributed by atoms with Gasteiger partial charge in [0.15, 0.2) is 5.78 Å². The SMILES string of the molecule is O=C(C[C@H](CCCc1ccccc1)C(=O)NO)c1ccc(-c2ccc(Br)cc2)cc1. The number of ketones is 1. The molecule has 3 aromatic rings. The van der Waals surface area contributed by atoms with E-state index in [2.05, 4.69) is 15.9 Å². The molecule has 1 amide bonds. The van der Waals surface area contributed by atoms with Gasteiger partial charge in [0.25, 0.3) is 0 Å². The highest BCUT2D eigenvalue weighted by molar-refractivity contribution is 9.10. The molecule has 0 unspecified atom stereocenters. The van der Waals surface area contributed by atoms with E-state index in [0.717, 1.165) is 28.4 Å². The Bertz CT molecular complexity index is 970. The molecule has 0 radical (unpaired) electrons. The Morgan fingerprint density at radius 2 is 1.47 bits per heavy atom. The number of aryl methyl sites for hydroxylation is 1. The molecule has 0 spiro atoms. The van der Waals surface area contributed by atoms with Gasteiger partial charge in [-0.2, -0.15) is 0 Å². The van der Waals surface area contributed by atoms with Crippen molar-refractivity contribution >= 4 is 27.6 Å². The molecule has 1 atom stereocenters. The number of halogens is 1. The Morgan fingerprint density at radius 3 is 2.07 bits per heavy atom. The van der Waals surface area contributed by atoms with Crippen LogP contribution in [0.2, 0.25) is 0 Å². The minimum atomic E-state index is -0.558. The van der Waals surface area contributed by atoms with Gasteiger partial charge in [-0.1, -0.05) is 82.7 Å². The van der Waals surface area contributed by atoms with Gasteiger partial charge in [-0.25, -0.2) is 5.48 Å². The normalized spacial score (nSPS) is 11.7. The monoisotopic (exact) mass is 465 g/mol. The Kier molecular flexibility index (Phi) is 7.94. The maximum absolute atomic E-state index is 12.7. The van der Waals surface area contributed by atoms with E-state index in [0.29, 0.717) is 12.0 Å². The van der Waals surface area contributed by atoms with E-state index in [1.165, 1.54) is 5.56 Å². The number of hydroxylamine groups is 1. The van der Waals surface area contributed by atoms with Crippen molar-refractivity contribution in [2.45, 2.75) is 25.7 Å². The molecule has 4 nitrogen and oxygen atoms in total. The molecule has 154 valence electrons. The Labute approximate surface area is 185 Å². The average molecular weight is 466 g/mol. The molecule has 0 heterocycles. The minimum Gasteiger partial charge on any atom is -0.294 e. The Hall–Kier alpha value is -2.76. The van der Waals surface area contributed by atoms with Crippen molar-refractivity contribution in [2.75, 3.05) is 0 Å². The van der Waals surface area contributed by atoms with Crippen molar-refractivity contribution in [3.8, 4) is 11.1 Å². The molecule has 0 aliphatic carbocycles. The van der Waals surface area contributed by atoms with Gasteiger partial charge in [0, 0.05) is 22.4 Å². The topological polar surface area (TPSA) is 66.4 Å². The maximum Gasteiger partial charge on any atom is 0.246 e. The van der Waals surface area contributed by atoms with Crippen LogP contribution in [0.25, 0.3) is 11.1 Å². The molecule has 0 bridgehead atoms. The van der Waals surface area contributed by atoms with E-state index in [1.54, 1.807) is 17.6 Å². The van der Waals surface area contributed by atoms with Crippen LogP contribution < -0.4 is 5.48 Å². The van der Waals surface area contributed by atoms with E-state index >= 15 is 0 Å². The molecule has 0 fully saturated rings. The molecule has 2 N–H and O–H groups in total. The van der Waals surface area contributed by atoms with Crippen LogP contribution in [0.15, 0.2) is 83.3 Å². The zero-order valence-corrected chi connectivity index (χ0v) is 18.1. The molecule has 3 aromatic carbocycles. The van der Waals surface area contributed by atoms with Crippen LogP contribution >= 0.6 is 15.9 Å². The van der Waals surface area contributed by atoms with Crippen LogP contribution in [-0.4, -0.2) is 16.9 Å². The number of hydrogen-bond acceptors (Lipinski definition) is 3. The van der Waals surface area contributed by atoms with Crippen molar-refractivity contribution in [1.82, 2.24) is 5.48 Å². The number of carbonyl (C=O) groups is 2. The fourth-order valence-electron chi connectivity index (χ4n) is 3.45. The summed E-state index contributed by atoms with van der Waals surface area (Å²) < 4.78 is 1.01. The van der Waals surface area contributed by atoms with Gasteiger partial charge in [0.2, 0.25) is 5.91 Å². The first-order valence-corrected chi connectivity index (χ1v) is 10.7. The molecule has 3 rings (SSSR count). The average Bonchev–Trinajstić information content (AvgIpc) is 2.79. The van der Waals surface area contributed by atoms with Gasteiger partial charge < -0.3 is 0 Å². The highest BCUT2D eigenvalue weighted by Gasteiger charge is 2.22. The lowest BCUT2D eigenvalue weighted by atomic mass is 9.91. The quantitative estimate of drug-likeness (QED) is 0.237. The molecule has 0 aliphatic rings. The van der Waals surface area contributed by atoms with Gasteiger partial charge in [0.1, 0.15) is 0 Å². The second-order valence-electron chi connectivity index (χ2n) is 7.26. The number of carbonyl (C=O) groups excluding carboxylic acids is 2. The lowest BCUT2D eigenvalue weighted by Crippen LogP contribution is -2.29. The van der Waals surface area contributed by atoms with Gasteiger partial charge in [-0.3, -0.25) is 14.8 Å². The van der Waals surface area contributed by atoms with Gasteiger partial charge >= 0.3 is 0 Å². The lowest BCUT2D eigenvalue weighted by Gasteiger charge is -2.14. The number of benzene rings is 3. The second kappa shape index (κ2) is 10.9. The third-order valence-electron chi connectivity index (χ3n) is 5.16. The first-order valence-electron chi connectivity index (χ1n) is 9.94. The zero-order chi connectivity index (χ0) is 21.3. The van der Waals surface area contributed by atoms with Crippen molar-refractivity contribution in [3.05, 3.63) is 94.5 Å². The number of Topliss-reactive ketones (excluding diaryl/α,β-unsaturated/α-hetero) is 1. The summed E-state index contributed by atoms with van der Waals surface area (Å²) in [5.74, 6) is -1.18. The summed E-state index contributed by atoms with van der Waals surface area (Å²) in [5.41, 5.74) is 5.55. The van der Waals surface area contributed by atoms with Gasteiger partial charge in [-0.05, 0) is 48.1 Å². The maximum atomic E-state index is 12.7. The van der Waals surface area contributed by atoms with E-state index in [4.69, 9.17) is 5.21 Å². The molecule has 5 heteroatoms. The second-order valence-corrected chi connectivity index (χ2v) is 8.18. The highest BCUT2D eigenvalue weighted by atomic mass is 79.9.